The van der Waals surface area contributed by atoms with Crippen LogP contribution in [0, 0.1) is 5.92 Å². The van der Waals surface area contributed by atoms with E-state index in [2.05, 4.69) is 12.3 Å². The van der Waals surface area contributed by atoms with E-state index in [1.165, 1.54) is 0 Å². The number of hydrogen-bond acceptors (Lipinski definition) is 4. The molecule has 1 aliphatic rings. The Morgan fingerprint density at radius 1 is 1.53 bits per heavy atom. The van der Waals surface area contributed by atoms with Gasteiger partial charge in [0.1, 0.15) is 0 Å². The molecule has 0 aromatic rings. The van der Waals surface area contributed by atoms with Crippen LogP contribution in [0.2, 0.25) is 0 Å². The van der Waals surface area contributed by atoms with Crippen LogP contribution in [0.4, 0.5) is 0 Å². The summed E-state index contributed by atoms with van der Waals surface area (Å²) < 4.78 is 5.19. The molecule has 1 saturated heterocycles. The Labute approximate surface area is 90.9 Å². The lowest BCUT2D eigenvalue weighted by molar-refractivity contribution is -0.128. The third-order valence-electron chi connectivity index (χ3n) is 2.68. The Bertz CT molecular complexity index is 189. The van der Waals surface area contributed by atoms with Gasteiger partial charge in [-0.3, -0.25) is 10.2 Å². The van der Waals surface area contributed by atoms with E-state index >= 15 is 0 Å². The van der Waals surface area contributed by atoms with Crippen molar-refractivity contribution in [1.82, 2.24) is 10.4 Å². The Kier molecular flexibility index (Phi) is 5.60. The molecule has 88 valence electrons. The molecule has 1 unspecified atom stereocenters. The summed E-state index contributed by atoms with van der Waals surface area (Å²) in [5, 5.41) is 1.91. The molecule has 1 atom stereocenters. The van der Waals surface area contributed by atoms with Crippen molar-refractivity contribution < 1.29 is 9.53 Å². The quantitative estimate of drug-likeness (QED) is 0.662. The Balaban J connectivity index is 2.21. The van der Waals surface area contributed by atoms with E-state index in [0.29, 0.717) is 32.1 Å². The second-order valence-electron chi connectivity index (χ2n) is 3.85. The van der Waals surface area contributed by atoms with Gasteiger partial charge >= 0.3 is 0 Å². The Morgan fingerprint density at radius 3 is 2.73 bits per heavy atom. The summed E-state index contributed by atoms with van der Waals surface area (Å²) in [6.45, 7) is 5.55. The number of nitrogens with one attached hydrogen (secondary N) is 1. The molecule has 5 nitrogen and oxygen atoms in total. The summed E-state index contributed by atoms with van der Waals surface area (Å²) in [5.41, 5.74) is 8.43. The van der Waals surface area contributed by atoms with Gasteiger partial charge in [0, 0.05) is 19.5 Å². The van der Waals surface area contributed by atoms with Crippen LogP contribution in [0.1, 0.15) is 19.8 Å². The van der Waals surface area contributed by atoms with E-state index < -0.39 is 0 Å². The highest BCUT2D eigenvalue weighted by atomic mass is 16.5. The number of hydrogen-bond donors (Lipinski definition) is 2. The van der Waals surface area contributed by atoms with Crippen molar-refractivity contribution in [2.75, 3.05) is 32.8 Å². The molecule has 1 heterocycles. The third-order valence-corrected chi connectivity index (χ3v) is 2.68. The maximum absolute atomic E-state index is 11.6. The second kappa shape index (κ2) is 6.76. The van der Waals surface area contributed by atoms with Gasteiger partial charge in [0.15, 0.2) is 0 Å². The maximum atomic E-state index is 11.6. The van der Waals surface area contributed by atoms with Gasteiger partial charge in [-0.25, -0.2) is 5.01 Å². The van der Waals surface area contributed by atoms with Crippen LogP contribution in [0.3, 0.4) is 0 Å². The van der Waals surface area contributed by atoms with Gasteiger partial charge in [0.2, 0.25) is 5.91 Å². The molecule has 1 aliphatic heterocycles. The first-order valence-electron chi connectivity index (χ1n) is 5.58. The zero-order chi connectivity index (χ0) is 11.1. The summed E-state index contributed by atoms with van der Waals surface area (Å²) in [6.07, 6.45) is 1.47. The molecule has 0 aromatic heterocycles. The van der Waals surface area contributed by atoms with Crippen LogP contribution in [-0.2, 0) is 9.53 Å². The summed E-state index contributed by atoms with van der Waals surface area (Å²) in [4.78, 5) is 11.6. The molecule has 0 radical (unpaired) electrons. The molecule has 3 N–H and O–H groups in total. The van der Waals surface area contributed by atoms with Gasteiger partial charge in [-0.15, -0.1) is 0 Å². The zero-order valence-corrected chi connectivity index (χ0v) is 9.37. The molecule has 0 spiro atoms. The van der Waals surface area contributed by atoms with E-state index in [9.17, 15) is 4.79 Å². The van der Waals surface area contributed by atoms with Gasteiger partial charge in [-0.1, -0.05) is 13.3 Å². The molecule has 0 bridgehead atoms. The fraction of sp³-hybridized carbons (Fsp3) is 0.900. The average Bonchev–Trinajstić information content (AvgIpc) is 2.27. The van der Waals surface area contributed by atoms with Crippen LogP contribution >= 0.6 is 0 Å². The summed E-state index contributed by atoms with van der Waals surface area (Å²) in [6, 6.07) is 0. The number of carbonyl (C=O) groups is 1. The van der Waals surface area contributed by atoms with Crippen LogP contribution in [0.15, 0.2) is 0 Å². The van der Waals surface area contributed by atoms with Crippen molar-refractivity contribution in [3.05, 3.63) is 0 Å². The zero-order valence-electron chi connectivity index (χ0n) is 9.37. The first kappa shape index (κ1) is 12.4. The van der Waals surface area contributed by atoms with Gasteiger partial charge in [-0.2, -0.15) is 0 Å². The van der Waals surface area contributed by atoms with Crippen molar-refractivity contribution in [3.8, 4) is 0 Å². The fourth-order valence-corrected chi connectivity index (χ4v) is 1.55. The monoisotopic (exact) mass is 215 g/mol. The summed E-state index contributed by atoms with van der Waals surface area (Å²) in [7, 11) is 0. The van der Waals surface area contributed by atoms with Gasteiger partial charge in [0.05, 0.1) is 13.2 Å². The van der Waals surface area contributed by atoms with Crippen molar-refractivity contribution >= 4 is 5.91 Å². The highest BCUT2D eigenvalue weighted by molar-refractivity contribution is 5.75. The van der Waals surface area contributed by atoms with Crippen molar-refractivity contribution in [1.29, 1.82) is 0 Å². The Morgan fingerprint density at radius 2 is 2.20 bits per heavy atom. The predicted molar refractivity (Wildman–Crippen MR) is 58.0 cm³/mol. The minimum absolute atomic E-state index is 0.0641. The van der Waals surface area contributed by atoms with Crippen LogP contribution in [0.25, 0.3) is 0 Å². The molecular weight excluding hydrogens is 194 g/mol. The molecule has 15 heavy (non-hydrogen) atoms. The largest absolute Gasteiger partial charge is 0.379 e. The van der Waals surface area contributed by atoms with E-state index in [1.807, 2.05) is 5.01 Å². The van der Waals surface area contributed by atoms with Crippen LogP contribution in [-0.4, -0.2) is 43.8 Å². The highest BCUT2D eigenvalue weighted by Crippen LogP contribution is 2.05. The lowest BCUT2D eigenvalue weighted by Gasteiger charge is -2.27. The Hall–Kier alpha value is -0.650. The van der Waals surface area contributed by atoms with Crippen molar-refractivity contribution in [2.24, 2.45) is 11.7 Å². The minimum atomic E-state index is 0.0641. The molecule has 5 heteroatoms. The summed E-state index contributed by atoms with van der Waals surface area (Å²) in [5.74, 6) is 0.361. The average molecular weight is 215 g/mol. The number of amides is 1. The van der Waals surface area contributed by atoms with Crippen molar-refractivity contribution in [3.63, 3.8) is 0 Å². The first-order chi connectivity index (χ1) is 7.26. The topological polar surface area (TPSA) is 67.6 Å². The minimum Gasteiger partial charge on any atom is -0.379 e. The fourth-order valence-electron chi connectivity index (χ4n) is 1.55. The summed E-state index contributed by atoms with van der Waals surface area (Å²) >= 11 is 0. The standard InChI is InChI=1S/C10H21N3O2/c1-2-9(8-11)7-10(14)12-13-3-5-15-6-4-13/h9H,2-8,11H2,1H3,(H,12,14). The SMILES string of the molecule is CCC(CN)CC(=O)NN1CCOCC1. The number of rotatable bonds is 5. The van der Waals surface area contributed by atoms with E-state index in [1.54, 1.807) is 0 Å². The lowest BCUT2D eigenvalue weighted by Crippen LogP contribution is -2.48. The first-order valence-corrected chi connectivity index (χ1v) is 5.58. The number of morpholine rings is 1. The smallest absolute Gasteiger partial charge is 0.234 e. The number of hydrazine groups is 1. The molecule has 0 aromatic carbocycles. The highest BCUT2D eigenvalue weighted by Gasteiger charge is 2.15. The molecule has 0 aliphatic carbocycles. The molecule has 0 saturated carbocycles. The van der Waals surface area contributed by atoms with Gasteiger partial charge < -0.3 is 10.5 Å². The third kappa shape index (κ3) is 4.59. The van der Waals surface area contributed by atoms with Crippen molar-refractivity contribution in [2.45, 2.75) is 19.8 Å². The molecular formula is C10H21N3O2. The normalized spacial score (nSPS) is 19.9. The lowest BCUT2D eigenvalue weighted by atomic mass is 10.0. The molecule has 1 rings (SSSR count). The van der Waals surface area contributed by atoms with E-state index in [0.717, 1.165) is 19.5 Å². The van der Waals surface area contributed by atoms with Gasteiger partial charge in [-0.05, 0) is 12.5 Å². The number of nitrogens with zero attached hydrogens (tertiary/aromatic N) is 1. The van der Waals surface area contributed by atoms with Crippen LogP contribution in [0.5, 0.6) is 0 Å². The maximum Gasteiger partial charge on any atom is 0.234 e. The number of ether oxygens (including phenoxy) is 1. The predicted octanol–water partition coefficient (Wildman–Crippen LogP) is -0.275. The molecule has 1 amide bonds. The second-order valence-corrected chi connectivity index (χ2v) is 3.85. The number of nitrogens with two attached hydrogens (primary N) is 1. The van der Waals surface area contributed by atoms with Crippen LogP contribution < -0.4 is 11.2 Å². The van der Waals surface area contributed by atoms with Gasteiger partial charge in [0.25, 0.3) is 0 Å². The van der Waals surface area contributed by atoms with E-state index in [-0.39, 0.29) is 5.91 Å². The number of carbonyl (C=O) groups excluding carboxylic acids is 1. The van der Waals surface area contributed by atoms with E-state index in [4.69, 9.17) is 10.5 Å². The molecule has 1 fully saturated rings.